The first-order valence-corrected chi connectivity index (χ1v) is 7.76. The minimum Gasteiger partial charge on any atom is -0.362 e. The molecule has 0 aliphatic carbocycles. The van der Waals surface area contributed by atoms with Crippen LogP contribution in [-0.4, -0.2) is 56.7 Å². The van der Waals surface area contributed by atoms with E-state index >= 15 is 0 Å². The van der Waals surface area contributed by atoms with E-state index in [1.807, 2.05) is 11.8 Å². The summed E-state index contributed by atoms with van der Waals surface area (Å²) in [6.07, 6.45) is 3.47. The minimum atomic E-state index is -0.382. The van der Waals surface area contributed by atoms with Gasteiger partial charge >= 0.3 is 0 Å². The monoisotopic (exact) mass is 330 g/mol. The molecule has 0 saturated carbocycles. The maximum absolute atomic E-state index is 11.7. The molecule has 126 valence electrons. The molecule has 1 saturated heterocycles. The number of piperazine rings is 1. The molecule has 2 aromatic rings. The Labute approximate surface area is 138 Å². The third-order valence-corrected chi connectivity index (χ3v) is 4.15. The number of hydrogen-bond donors (Lipinski definition) is 0. The van der Waals surface area contributed by atoms with Gasteiger partial charge in [0.25, 0.3) is 5.69 Å². The van der Waals surface area contributed by atoms with Gasteiger partial charge in [-0.05, 0) is 12.1 Å². The number of nitro groups is 1. The van der Waals surface area contributed by atoms with Crippen molar-refractivity contribution in [1.82, 2.24) is 19.7 Å². The Morgan fingerprint density at radius 3 is 2.46 bits per heavy atom. The first-order chi connectivity index (χ1) is 11.6. The maximum Gasteiger partial charge on any atom is 0.294 e. The van der Waals surface area contributed by atoms with E-state index in [-0.39, 0.29) is 16.5 Å². The highest BCUT2D eigenvalue weighted by Gasteiger charge is 2.25. The zero-order valence-electron chi connectivity index (χ0n) is 13.3. The number of anilines is 1. The predicted molar refractivity (Wildman–Crippen MR) is 87.1 cm³/mol. The molecule has 2 heterocycles. The van der Waals surface area contributed by atoms with E-state index < -0.39 is 0 Å². The number of aromatic nitrogens is 3. The molecule has 0 unspecified atom stereocenters. The highest BCUT2D eigenvalue weighted by Crippen LogP contribution is 2.31. The molecule has 0 bridgehead atoms. The molecule has 24 heavy (non-hydrogen) atoms. The Morgan fingerprint density at radius 2 is 1.88 bits per heavy atom. The molecule has 1 aromatic carbocycles. The second kappa shape index (κ2) is 6.65. The Kier molecular flexibility index (Phi) is 4.41. The fraction of sp³-hybridized carbons (Fsp3) is 0.400. The van der Waals surface area contributed by atoms with Crippen molar-refractivity contribution in [2.24, 2.45) is 0 Å². The van der Waals surface area contributed by atoms with Crippen LogP contribution >= 0.6 is 0 Å². The summed E-state index contributed by atoms with van der Waals surface area (Å²) in [5.74, 6) is 0.118. The fourth-order valence-electron chi connectivity index (χ4n) is 2.84. The molecule has 1 aliphatic rings. The lowest BCUT2D eigenvalue weighted by molar-refractivity contribution is -0.384. The maximum atomic E-state index is 11.7. The molecule has 0 spiro atoms. The van der Waals surface area contributed by atoms with Gasteiger partial charge in [0.05, 0.1) is 10.6 Å². The van der Waals surface area contributed by atoms with Crippen molar-refractivity contribution in [2.45, 2.75) is 13.3 Å². The predicted octanol–water partition coefficient (Wildman–Crippen LogP) is 1.23. The highest BCUT2D eigenvalue weighted by atomic mass is 16.6. The van der Waals surface area contributed by atoms with E-state index in [4.69, 9.17) is 0 Å². The van der Waals surface area contributed by atoms with Crippen LogP contribution < -0.4 is 4.90 Å². The molecule has 9 heteroatoms. The normalized spacial score (nSPS) is 14.7. The van der Waals surface area contributed by atoms with Crippen LogP contribution in [-0.2, 0) is 4.79 Å². The standard InChI is InChI=1S/C15H18N6O3/c1-2-15(22)19-7-5-18(6-8-19)13-4-3-12(9-14(13)21(23)24)20-10-16-17-11-20/h3-4,9-11H,2,5-8H2,1H3. The van der Waals surface area contributed by atoms with Gasteiger partial charge in [0.2, 0.25) is 5.91 Å². The van der Waals surface area contributed by atoms with Crippen molar-refractivity contribution < 1.29 is 9.72 Å². The molecule has 1 fully saturated rings. The van der Waals surface area contributed by atoms with E-state index in [2.05, 4.69) is 10.2 Å². The number of hydrogen-bond acceptors (Lipinski definition) is 6. The van der Waals surface area contributed by atoms with E-state index in [1.54, 1.807) is 21.6 Å². The molecule has 0 N–H and O–H groups in total. The Morgan fingerprint density at radius 1 is 1.21 bits per heavy atom. The number of rotatable bonds is 4. The van der Waals surface area contributed by atoms with E-state index in [9.17, 15) is 14.9 Å². The van der Waals surface area contributed by atoms with Gasteiger partial charge in [0.1, 0.15) is 18.3 Å². The summed E-state index contributed by atoms with van der Waals surface area (Å²) in [7, 11) is 0. The summed E-state index contributed by atoms with van der Waals surface area (Å²) in [4.78, 5) is 26.6. The van der Waals surface area contributed by atoms with Crippen molar-refractivity contribution in [2.75, 3.05) is 31.1 Å². The molecule has 0 radical (unpaired) electrons. The number of amides is 1. The van der Waals surface area contributed by atoms with Crippen LogP contribution in [0.5, 0.6) is 0 Å². The fourth-order valence-corrected chi connectivity index (χ4v) is 2.84. The van der Waals surface area contributed by atoms with Crippen molar-refractivity contribution in [1.29, 1.82) is 0 Å². The van der Waals surface area contributed by atoms with Crippen LogP contribution in [0.4, 0.5) is 11.4 Å². The highest BCUT2D eigenvalue weighted by molar-refractivity contribution is 5.76. The number of carbonyl (C=O) groups is 1. The lowest BCUT2D eigenvalue weighted by Crippen LogP contribution is -2.48. The Hall–Kier alpha value is -2.97. The van der Waals surface area contributed by atoms with Crippen LogP contribution in [0.3, 0.4) is 0 Å². The van der Waals surface area contributed by atoms with Crippen LogP contribution in [0, 0.1) is 10.1 Å². The third-order valence-electron chi connectivity index (χ3n) is 4.15. The van der Waals surface area contributed by atoms with Crippen LogP contribution in [0.25, 0.3) is 5.69 Å². The number of nitrogens with zero attached hydrogens (tertiary/aromatic N) is 6. The molecule has 1 aromatic heterocycles. The minimum absolute atomic E-state index is 0.0384. The second-order valence-electron chi connectivity index (χ2n) is 5.52. The lowest BCUT2D eigenvalue weighted by Gasteiger charge is -2.35. The van der Waals surface area contributed by atoms with E-state index in [0.29, 0.717) is 44.0 Å². The summed E-state index contributed by atoms with van der Waals surface area (Å²) in [6.45, 7) is 4.16. The van der Waals surface area contributed by atoms with Gasteiger partial charge in [-0.25, -0.2) is 0 Å². The van der Waals surface area contributed by atoms with Gasteiger partial charge in [-0.15, -0.1) is 10.2 Å². The summed E-state index contributed by atoms with van der Waals surface area (Å²) < 4.78 is 1.62. The third kappa shape index (κ3) is 3.05. The molecule has 9 nitrogen and oxygen atoms in total. The van der Waals surface area contributed by atoms with Gasteiger partial charge in [0.15, 0.2) is 0 Å². The van der Waals surface area contributed by atoms with Crippen molar-refractivity contribution >= 4 is 17.3 Å². The summed E-state index contributed by atoms with van der Waals surface area (Å²) in [6, 6.07) is 5.06. The summed E-state index contributed by atoms with van der Waals surface area (Å²) in [5.41, 5.74) is 1.24. The van der Waals surface area contributed by atoms with Crippen molar-refractivity contribution in [3.63, 3.8) is 0 Å². The van der Waals surface area contributed by atoms with Gasteiger partial charge in [-0.1, -0.05) is 6.92 Å². The second-order valence-corrected chi connectivity index (χ2v) is 5.52. The quantitative estimate of drug-likeness (QED) is 0.618. The summed E-state index contributed by atoms with van der Waals surface area (Å²) in [5, 5.41) is 18.9. The van der Waals surface area contributed by atoms with Crippen LogP contribution in [0.15, 0.2) is 30.9 Å². The largest absolute Gasteiger partial charge is 0.362 e. The van der Waals surface area contributed by atoms with E-state index in [0.717, 1.165) is 0 Å². The first-order valence-electron chi connectivity index (χ1n) is 7.76. The topological polar surface area (TPSA) is 97.4 Å². The number of nitro benzene ring substituents is 1. The average Bonchev–Trinajstić information content (AvgIpc) is 3.15. The first kappa shape index (κ1) is 15.9. The van der Waals surface area contributed by atoms with Crippen molar-refractivity contribution in [3.8, 4) is 5.69 Å². The molecule has 1 amide bonds. The Balaban J connectivity index is 1.83. The smallest absolute Gasteiger partial charge is 0.294 e. The molecular weight excluding hydrogens is 312 g/mol. The number of carbonyl (C=O) groups excluding carboxylic acids is 1. The van der Waals surface area contributed by atoms with E-state index in [1.165, 1.54) is 18.7 Å². The van der Waals surface area contributed by atoms with Gasteiger partial charge < -0.3 is 9.80 Å². The lowest BCUT2D eigenvalue weighted by atomic mass is 10.2. The zero-order chi connectivity index (χ0) is 17.1. The SMILES string of the molecule is CCC(=O)N1CCN(c2ccc(-n3cnnc3)cc2[N+](=O)[O-])CC1. The zero-order valence-corrected chi connectivity index (χ0v) is 13.3. The van der Waals surface area contributed by atoms with Gasteiger partial charge in [0, 0.05) is 38.7 Å². The molecule has 0 atom stereocenters. The molecule has 1 aliphatic heterocycles. The van der Waals surface area contributed by atoms with Crippen LogP contribution in [0.2, 0.25) is 0 Å². The van der Waals surface area contributed by atoms with Gasteiger partial charge in [-0.3, -0.25) is 19.5 Å². The van der Waals surface area contributed by atoms with Crippen molar-refractivity contribution in [3.05, 3.63) is 41.0 Å². The van der Waals surface area contributed by atoms with Gasteiger partial charge in [-0.2, -0.15) is 0 Å². The number of benzene rings is 1. The Bertz CT molecular complexity index is 738. The molecular formula is C15H18N6O3. The molecule has 3 rings (SSSR count). The van der Waals surface area contributed by atoms with Crippen LogP contribution in [0.1, 0.15) is 13.3 Å². The average molecular weight is 330 g/mol. The summed E-state index contributed by atoms with van der Waals surface area (Å²) >= 11 is 0.